The first kappa shape index (κ1) is 32.0. The van der Waals surface area contributed by atoms with Gasteiger partial charge in [0.1, 0.15) is 0 Å². The second-order valence-electron chi connectivity index (χ2n) is 13.7. The number of benzene rings is 9. The van der Waals surface area contributed by atoms with Gasteiger partial charge in [0.05, 0.1) is 0 Å². The van der Waals surface area contributed by atoms with Gasteiger partial charge in [-0.3, -0.25) is 0 Å². The molecule has 0 N–H and O–H groups in total. The molecule has 0 aliphatic heterocycles. The lowest BCUT2D eigenvalue weighted by atomic mass is 9.98. The summed E-state index contributed by atoms with van der Waals surface area (Å²) in [5, 5.41) is 5.14. The van der Waals surface area contributed by atoms with Crippen molar-refractivity contribution in [1.29, 1.82) is 0 Å². The molecular formula is C52H35NS. The largest absolute Gasteiger partial charge is 0.310 e. The molecule has 0 aliphatic rings. The molecule has 0 spiro atoms. The van der Waals surface area contributed by atoms with Crippen molar-refractivity contribution < 1.29 is 0 Å². The van der Waals surface area contributed by atoms with Crippen molar-refractivity contribution in [2.45, 2.75) is 0 Å². The molecule has 2 heteroatoms. The summed E-state index contributed by atoms with van der Waals surface area (Å²) in [6, 6.07) is 77.0. The number of hydrogen-bond acceptors (Lipinski definition) is 2. The lowest BCUT2D eigenvalue weighted by Gasteiger charge is -2.27. The maximum Gasteiger partial charge on any atom is 0.0475 e. The van der Waals surface area contributed by atoms with Crippen LogP contribution in [-0.4, -0.2) is 0 Å². The maximum absolute atomic E-state index is 2.41. The van der Waals surface area contributed by atoms with Crippen LogP contribution in [0.5, 0.6) is 0 Å². The first-order valence-corrected chi connectivity index (χ1v) is 19.2. The van der Waals surface area contributed by atoms with Gasteiger partial charge in [0.25, 0.3) is 0 Å². The van der Waals surface area contributed by atoms with Crippen molar-refractivity contribution in [2.24, 2.45) is 0 Å². The third-order valence-electron chi connectivity index (χ3n) is 10.5. The molecule has 10 aromatic rings. The van der Waals surface area contributed by atoms with E-state index in [9.17, 15) is 0 Å². The van der Waals surface area contributed by atoms with Crippen LogP contribution in [0, 0.1) is 0 Å². The number of anilines is 3. The zero-order valence-electron chi connectivity index (χ0n) is 29.6. The van der Waals surface area contributed by atoms with Crippen LogP contribution in [-0.2, 0) is 0 Å². The average molecular weight is 706 g/mol. The monoisotopic (exact) mass is 705 g/mol. The lowest BCUT2D eigenvalue weighted by Crippen LogP contribution is -2.10. The number of nitrogens with zero attached hydrogens (tertiary/aromatic N) is 1. The van der Waals surface area contributed by atoms with Crippen molar-refractivity contribution in [3.8, 4) is 44.5 Å². The van der Waals surface area contributed by atoms with E-state index in [4.69, 9.17) is 0 Å². The molecule has 1 aromatic heterocycles. The van der Waals surface area contributed by atoms with E-state index in [1.165, 1.54) is 75.5 Å². The first-order chi connectivity index (χ1) is 26.8. The van der Waals surface area contributed by atoms with Crippen molar-refractivity contribution in [2.75, 3.05) is 4.90 Å². The molecule has 0 aliphatic carbocycles. The lowest BCUT2D eigenvalue weighted by molar-refractivity contribution is 1.29. The molecule has 0 radical (unpaired) electrons. The third-order valence-corrected chi connectivity index (χ3v) is 11.8. The van der Waals surface area contributed by atoms with Gasteiger partial charge in [-0.15, -0.1) is 11.3 Å². The number of hydrogen-bond donors (Lipinski definition) is 0. The second kappa shape index (κ2) is 13.7. The van der Waals surface area contributed by atoms with E-state index < -0.39 is 0 Å². The van der Waals surface area contributed by atoms with E-state index in [0.717, 1.165) is 17.1 Å². The second-order valence-corrected chi connectivity index (χ2v) is 14.8. The zero-order chi connectivity index (χ0) is 35.8. The summed E-state index contributed by atoms with van der Waals surface area (Å²) in [6.45, 7) is 0. The highest BCUT2D eigenvalue weighted by molar-refractivity contribution is 7.27. The highest BCUT2D eigenvalue weighted by Gasteiger charge is 2.20. The molecule has 0 saturated heterocycles. The Kier molecular flexibility index (Phi) is 8.09. The first-order valence-electron chi connectivity index (χ1n) is 18.4. The molecular weight excluding hydrogens is 671 g/mol. The van der Waals surface area contributed by atoms with Crippen LogP contribution in [0.25, 0.3) is 75.5 Å². The van der Waals surface area contributed by atoms with Crippen LogP contribution in [0.1, 0.15) is 0 Å². The Bertz CT molecular complexity index is 2880. The van der Waals surface area contributed by atoms with Gasteiger partial charge in [-0.2, -0.15) is 0 Å². The van der Waals surface area contributed by atoms with E-state index in [2.05, 4.69) is 217 Å². The van der Waals surface area contributed by atoms with Crippen molar-refractivity contribution in [3.05, 3.63) is 212 Å². The van der Waals surface area contributed by atoms with Gasteiger partial charge in [-0.25, -0.2) is 0 Å². The van der Waals surface area contributed by atoms with E-state index >= 15 is 0 Å². The summed E-state index contributed by atoms with van der Waals surface area (Å²) in [4.78, 5) is 2.41. The standard InChI is InChI=1S/C52H35NS/c1-4-12-36(13-5-1)38-20-22-39(23-21-38)41-26-31-45(32-27-41)53(44-29-24-40(25-30-44)37-14-6-2-7-15-37)46-34-49(42-16-8-3-9-17-42)52-50(35-46)48-33-28-43-18-10-11-19-47(43)51(48)54-52/h1-35H. The van der Waals surface area contributed by atoms with Crippen LogP contribution in [0.4, 0.5) is 17.1 Å². The fourth-order valence-electron chi connectivity index (χ4n) is 7.72. The third kappa shape index (κ3) is 5.84. The quantitative estimate of drug-likeness (QED) is 0.160. The van der Waals surface area contributed by atoms with Gasteiger partial charge in [-0.1, -0.05) is 176 Å². The summed E-state index contributed by atoms with van der Waals surface area (Å²) in [7, 11) is 0. The number of thiophene rings is 1. The Hall–Kier alpha value is -6.74. The molecule has 9 aromatic carbocycles. The van der Waals surface area contributed by atoms with Gasteiger partial charge in [0.15, 0.2) is 0 Å². The van der Waals surface area contributed by atoms with E-state index in [1.54, 1.807) is 0 Å². The smallest absolute Gasteiger partial charge is 0.0475 e. The highest BCUT2D eigenvalue weighted by atomic mass is 32.1. The van der Waals surface area contributed by atoms with Crippen LogP contribution < -0.4 is 4.90 Å². The molecule has 54 heavy (non-hydrogen) atoms. The Morgan fingerprint density at radius 2 is 0.722 bits per heavy atom. The van der Waals surface area contributed by atoms with Gasteiger partial charge in [-0.05, 0) is 86.1 Å². The normalized spacial score (nSPS) is 11.3. The van der Waals surface area contributed by atoms with Crippen LogP contribution in [0.2, 0.25) is 0 Å². The van der Waals surface area contributed by atoms with Gasteiger partial charge in [0, 0.05) is 42.8 Å². The topological polar surface area (TPSA) is 3.24 Å². The maximum atomic E-state index is 2.41. The zero-order valence-corrected chi connectivity index (χ0v) is 30.4. The minimum absolute atomic E-state index is 1.11. The SMILES string of the molecule is c1ccc(-c2ccc(-c3ccc(N(c4ccc(-c5ccccc5)cc4)c4cc(-c5ccccc5)c5sc6c7ccccc7ccc6c5c4)cc3)cc2)cc1. The van der Waals surface area contributed by atoms with Crippen LogP contribution in [0.3, 0.4) is 0 Å². The predicted molar refractivity (Wildman–Crippen MR) is 233 cm³/mol. The number of fused-ring (bicyclic) bond motifs is 5. The molecule has 1 heterocycles. The van der Waals surface area contributed by atoms with Gasteiger partial charge in [0.2, 0.25) is 0 Å². The molecule has 0 atom stereocenters. The Balaban J connectivity index is 1.14. The molecule has 0 amide bonds. The van der Waals surface area contributed by atoms with Crippen LogP contribution >= 0.6 is 11.3 Å². The Morgan fingerprint density at radius 3 is 1.26 bits per heavy atom. The van der Waals surface area contributed by atoms with Crippen molar-refractivity contribution in [1.82, 2.24) is 0 Å². The summed E-state index contributed by atoms with van der Waals surface area (Å²) in [5.74, 6) is 0. The van der Waals surface area contributed by atoms with Crippen molar-refractivity contribution >= 4 is 59.3 Å². The molecule has 0 fully saturated rings. The molecule has 254 valence electrons. The summed E-state index contributed by atoms with van der Waals surface area (Å²) < 4.78 is 2.64. The summed E-state index contributed by atoms with van der Waals surface area (Å²) in [6.07, 6.45) is 0. The van der Waals surface area contributed by atoms with E-state index in [-0.39, 0.29) is 0 Å². The summed E-state index contributed by atoms with van der Waals surface area (Å²) in [5.41, 5.74) is 13.1. The van der Waals surface area contributed by atoms with Crippen molar-refractivity contribution in [3.63, 3.8) is 0 Å². The van der Waals surface area contributed by atoms with E-state index in [0.29, 0.717) is 0 Å². The molecule has 0 saturated carbocycles. The van der Waals surface area contributed by atoms with Gasteiger partial charge < -0.3 is 4.90 Å². The minimum atomic E-state index is 1.11. The highest BCUT2D eigenvalue weighted by Crippen LogP contribution is 2.47. The van der Waals surface area contributed by atoms with E-state index in [1.807, 2.05) is 11.3 Å². The van der Waals surface area contributed by atoms with Crippen LogP contribution in [0.15, 0.2) is 212 Å². The number of rotatable bonds is 7. The molecule has 10 rings (SSSR count). The molecule has 1 nitrogen and oxygen atoms in total. The summed E-state index contributed by atoms with van der Waals surface area (Å²) >= 11 is 1.90. The fourth-order valence-corrected chi connectivity index (χ4v) is 9.07. The predicted octanol–water partition coefficient (Wildman–Crippen LogP) is 15.3. The Morgan fingerprint density at radius 1 is 0.278 bits per heavy atom. The molecule has 0 unspecified atom stereocenters. The minimum Gasteiger partial charge on any atom is -0.310 e. The molecule has 0 bridgehead atoms. The van der Waals surface area contributed by atoms with Gasteiger partial charge >= 0.3 is 0 Å². The Labute approximate surface area is 319 Å². The average Bonchev–Trinajstić information content (AvgIpc) is 3.64. The fraction of sp³-hybridized carbons (Fsp3) is 0.